The zero-order chi connectivity index (χ0) is 12.3. The smallest absolute Gasteiger partial charge is 0.226 e. The maximum atomic E-state index is 6.14. The predicted octanol–water partition coefficient (Wildman–Crippen LogP) is 2.38. The fourth-order valence-corrected chi connectivity index (χ4v) is 1.78. The third kappa shape index (κ3) is 2.53. The third-order valence-electron chi connectivity index (χ3n) is 2.75. The van der Waals surface area contributed by atoms with Crippen LogP contribution < -0.4 is 5.73 Å². The Hall–Kier alpha value is -1.68. The quantitative estimate of drug-likeness (QED) is 0.877. The maximum absolute atomic E-state index is 6.14. The molecule has 0 fully saturated rings. The van der Waals surface area contributed by atoms with Gasteiger partial charge >= 0.3 is 0 Å². The number of hydrogen-bond donors (Lipinski definition) is 1. The molecule has 0 aliphatic rings. The molecule has 0 saturated carbocycles. The molecular weight excluding hydrogens is 214 g/mol. The molecule has 17 heavy (non-hydrogen) atoms. The van der Waals surface area contributed by atoms with E-state index in [1.807, 2.05) is 31.2 Å². The second-order valence-corrected chi connectivity index (χ2v) is 4.13. The van der Waals surface area contributed by atoms with Crippen molar-refractivity contribution in [1.29, 1.82) is 0 Å². The number of hydrogen-bond acceptors (Lipinski definition) is 4. The molecule has 1 unspecified atom stereocenters. The Bertz CT molecular complexity index is 493. The third-order valence-corrected chi connectivity index (χ3v) is 2.75. The van der Waals surface area contributed by atoms with Crippen molar-refractivity contribution >= 4 is 0 Å². The lowest BCUT2D eigenvalue weighted by Crippen LogP contribution is -2.14. The molecule has 0 amide bonds. The van der Waals surface area contributed by atoms with E-state index < -0.39 is 0 Å². The van der Waals surface area contributed by atoms with Gasteiger partial charge in [0.15, 0.2) is 5.82 Å². The van der Waals surface area contributed by atoms with E-state index in [4.69, 9.17) is 10.3 Å². The van der Waals surface area contributed by atoms with Gasteiger partial charge in [-0.05, 0) is 24.5 Å². The first-order valence-corrected chi connectivity index (χ1v) is 5.86. The highest BCUT2D eigenvalue weighted by Gasteiger charge is 2.17. The molecule has 0 radical (unpaired) electrons. The van der Waals surface area contributed by atoms with Crippen molar-refractivity contribution in [3.63, 3.8) is 0 Å². The Labute approximate surface area is 101 Å². The fraction of sp³-hybridized carbons (Fsp3) is 0.385. The van der Waals surface area contributed by atoms with Crippen LogP contribution >= 0.6 is 0 Å². The van der Waals surface area contributed by atoms with Crippen LogP contribution in [-0.4, -0.2) is 10.1 Å². The standard InChI is InChI=1S/C13H17N3O/c1-3-6-11-15-13(16-17-11)12(14)10-8-5-4-7-9(10)2/h4-5,7-8,12H,3,6,14H2,1-2H3. The highest BCUT2D eigenvalue weighted by Crippen LogP contribution is 2.20. The molecule has 0 saturated heterocycles. The molecule has 2 N–H and O–H groups in total. The van der Waals surface area contributed by atoms with Gasteiger partial charge in [-0.25, -0.2) is 0 Å². The lowest BCUT2D eigenvalue weighted by atomic mass is 10.0. The minimum atomic E-state index is -0.314. The summed E-state index contributed by atoms with van der Waals surface area (Å²) in [5.74, 6) is 1.22. The SMILES string of the molecule is CCCc1nc(C(N)c2ccccc2C)no1. The van der Waals surface area contributed by atoms with E-state index in [-0.39, 0.29) is 6.04 Å². The van der Waals surface area contributed by atoms with Crippen LogP contribution in [0.15, 0.2) is 28.8 Å². The highest BCUT2D eigenvalue weighted by atomic mass is 16.5. The van der Waals surface area contributed by atoms with Crippen LogP contribution in [0.5, 0.6) is 0 Å². The Morgan fingerprint density at radius 1 is 1.35 bits per heavy atom. The summed E-state index contributed by atoms with van der Waals surface area (Å²) in [4.78, 5) is 4.31. The van der Waals surface area contributed by atoms with E-state index in [9.17, 15) is 0 Å². The lowest BCUT2D eigenvalue weighted by Gasteiger charge is -2.10. The first-order chi connectivity index (χ1) is 8.22. The van der Waals surface area contributed by atoms with Crippen LogP contribution in [0.25, 0.3) is 0 Å². The second kappa shape index (κ2) is 5.10. The van der Waals surface area contributed by atoms with Crippen molar-refractivity contribution in [2.24, 2.45) is 5.73 Å². The highest BCUT2D eigenvalue weighted by molar-refractivity contribution is 5.31. The number of aromatic nitrogens is 2. The number of nitrogens with two attached hydrogens (primary N) is 1. The number of benzene rings is 1. The molecule has 2 aromatic rings. The van der Waals surface area contributed by atoms with E-state index in [1.54, 1.807) is 0 Å². The maximum Gasteiger partial charge on any atom is 0.226 e. The van der Waals surface area contributed by atoms with Crippen molar-refractivity contribution in [1.82, 2.24) is 10.1 Å². The van der Waals surface area contributed by atoms with Gasteiger partial charge in [0.2, 0.25) is 5.89 Å². The summed E-state index contributed by atoms with van der Waals surface area (Å²) >= 11 is 0. The topological polar surface area (TPSA) is 64.9 Å². The normalized spacial score (nSPS) is 12.6. The number of rotatable bonds is 4. The van der Waals surface area contributed by atoms with Crippen LogP contribution in [0.2, 0.25) is 0 Å². The van der Waals surface area contributed by atoms with Crippen molar-refractivity contribution in [2.45, 2.75) is 32.7 Å². The first kappa shape index (κ1) is 11.8. The lowest BCUT2D eigenvalue weighted by molar-refractivity contribution is 0.370. The molecule has 2 rings (SSSR count). The van der Waals surface area contributed by atoms with Crippen LogP contribution in [-0.2, 0) is 6.42 Å². The van der Waals surface area contributed by atoms with E-state index in [1.165, 1.54) is 0 Å². The molecule has 4 nitrogen and oxygen atoms in total. The van der Waals surface area contributed by atoms with Gasteiger partial charge in [0.25, 0.3) is 0 Å². The van der Waals surface area contributed by atoms with E-state index in [2.05, 4.69) is 17.1 Å². The molecule has 1 atom stereocenters. The van der Waals surface area contributed by atoms with Crippen LogP contribution in [0.1, 0.15) is 42.2 Å². The van der Waals surface area contributed by atoms with Gasteiger partial charge in [-0.15, -0.1) is 0 Å². The molecule has 0 spiro atoms. The Morgan fingerprint density at radius 3 is 2.82 bits per heavy atom. The summed E-state index contributed by atoms with van der Waals surface area (Å²) in [5, 5.41) is 3.94. The van der Waals surface area contributed by atoms with Gasteiger partial charge in [0.05, 0.1) is 6.04 Å². The van der Waals surface area contributed by atoms with Gasteiger partial charge in [0, 0.05) is 6.42 Å². The van der Waals surface area contributed by atoms with Crippen molar-refractivity contribution in [2.75, 3.05) is 0 Å². The Balaban J connectivity index is 2.24. The molecule has 1 aromatic carbocycles. The minimum absolute atomic E-state index is 0.314. The van der Waals surface area contributed by atoms with Crippen LogP contribution in [0.4, 0.5) is 0 Å². The Morgan fingerprint density at radius 2 is 2.12 bits per heavy atom. The van der Waals surface area contributed by atoms with Crippen molar-refractivity contribution < 1.29 is 4.52 Å². The van der Waals surface area contributed by atoms with Gasteiger partial charge in [-0.1, -0.05) is 36.3 Å². The number of nitrogens with zero attached hydrogens (tertiary/aromatic N) is 2. The average molecular weight is 231 g/mol. The number of aryl methyl sites for hydroxylation is 2. The summed E-state index contributed by atoms with van der Waals surface area (Å²) in [5.41, 5.74) is 8.32. The summed E-state index contributed by atoms with van der Waals surface area (Å²) in [7, 11) is 0. The average Bonchev–Trinajstić information content (AvgIpc) is 2.78. The zero-order valence-corrected chi connectivity index (χ0v) is 10.2. The van der Waals surface area contributed by atoms with Gasteiger partial charge in [-0.2, -0.15) is 4.98 Å². The summed E-state index contributed by atoms with van der Waals surface area (Å²) < 4.78 is 5.15. The minimum Gasteiger partial charge on any atom is -0.339 e. The van der Waals surface area contributed by atoms with E-state index >= 15 is 0 Å². The molecule has 1 aromatic heterocycles. The first-order valence-electron chi connectivity index (χ1n) is 5.86. The molecule has 0 bridgehead atoms. The van der Waals surface area contributed by atoms with Gasteiger partial charge in [-0.3, -0.25) is 0 Å². The molecule has 0 aliphatic carbocycles. The summed E-state index contributed by atoms with van der Waals surface area (Å²) in [6.45, 7) is 4.10. The summed E-state index contributed by atoms with van der Waals surface area (Å²) in [6, 6.07) is 7.67. The van der Waals surface area contributed by atoms with Crippen LogP contribution in [0, 0.1) is 6.92 Å². The predicted molar refractivity (Wildman–Crippen MR) is 65.5 cm³/mol. The molecule has 4 heteroatoms. The summed E-state index contributed by atoms with van der Waals surface area (Å²) in [6.07, 6.45) is 1.79. The fourth-order valence-electron chi connectivity index (χ4n) is 1.78. The van der Waals surface area contributed by atoms with Crippen LogP contribution in [0.3, 0.4) is 0 Å². The second-order valence-electron chi connectivity index (χ2n) is 4.13. The molecule has 0 aliphatic heterocycles. The van der Waals surface area contributed by atoms with E-state index in [0.29, 0.717) is 11.7 Å². The molecular formula is C13H17N3O. The van der Waals surface area contributed by atoms with E-state index in [0.717, 1.165) is 24.0 Å². The van der Waals surface area contributed by atoms with Crippen molar-refractivity contribution in [3.05, 3.63) is 47.1 Å². The van der Waals surface area contributed by atoms with Gasteiger partial charge < -0.3 is 10.3 Å². The molecule has 1 heterocycles. The Kier molecular flexibility index (Phi) is 3.54. The zero-order valence-electron chi connectivity index (χ0n) is 10.2. The molecule has 90 valence electrons. The van der Waals surface area contributed by atoms with Gasteiger partial charge in [0.1, 0.15) is 0 Å². The monoisotopic (exact) mass is 231 g/mol. The van der Waals surface area contributed by atoms with Crippen molar-refractivity contribution in [3.8, 4) is 0 Å². The largest absolute Gasteiger partial charge is 0.339 e.